The highest BCUT2D eigenvalue weighted by molar-refractivity contribution is 5.71. The third-order valence-corrected chi connectivity index (χ3v) is 11.3. The van der Waals surface area contributed by atoms with Gasteiger partial charge in [0.05, 0.1) is 0 Å². The Balaban J connectivity index is 3.62. The van der Waals surface area contributed by atoms with E-state index in [9.17, 15) is 9.59 Å². The lowest BCUT2D eigenvalue weighted by Gasteiger charge is -2.18. The minimum absolute atomic E-state index is 0.214. The zero-order valence-electron chi connectivity index (χ0n) is 36.6. The van der Waals surface area contributed by atoms with E-state index in [1.54, 1.807) is 0 Å². The van der Waals surface area contributed by atoms with Crippen molar-refractivity contribution in [2.45, 2.75) is 303 Å². The minimum Gasteiger partial charge on any atom is -0.425 e. The second kappa shape index (κ2) is 45.3. The van der Waals surface area contributed by atoms with Crippen molar-refractivity contribution in [3.63, 3.8) is 0 Å². The van der Waals surface area contributed by atoms with Gasteiger partial charge in [-0.1, -0.05) is 258 Å². The lowest BCUT2D eigenvalue weighted by atomic mass is 10.0. The summed E-state index contributed by atoms with van der Waals surface area (Å²) in [7, 11) is 0. The molecule has 0 rings (SSSR count). The standard InChI is InChI=1S/C49H96O4/c1-4-7-10-12-14-16-18-20-22-24-26-28-30-32-34-36-38-40-42-44-47(50)52-49(46-9-6-3)53-48(51)45-43-41-39-37-35-33-31-29-27-25-23-21-19-17-15-13-11-8-5-2/h49H,4-46H2,1-3H3. The SMILES string of the molecule is CCCCCCCCCCCCCCCCCCCCCC(=O)OC(CCCC)OC(=O)CCCCCCCCCCCCCCCCCCCCC. The molecule has 0 atom stereocenters. The fourth-order valence-electron chi connectivity index (χ4n) is 7.62. The lowest BCUT2D eigenvalue weighted by molar-refractivity contribution is -0.189. The molecule has 0 aliphatic heterocycles. The van der Waals surface area contributed by atoms with Crippen LogP contribution in [0.5, 0.6) is 0 Å². The van der Waals surface area contributed by atoms with Crippen LogP contribution in [-0.2, 0) is 19.1 Å². The van der Waals surface area contributed by atoms with Gasteiger partial charge in [0, 0.05) is 19.3 Å². The second-order valence-corrected chi connectivity index (χ2v) is 16.8. The smallest absolute Gasteiger partial charge is 0.308 e. The number of ether oxygens (including phenoxy) is 2. The molecule has 0 amide bonds. The summed E-state index contributed by atoms with van der Waals surface area (Å²) in [6, 6.07) is 0. The molecule has 4 nitrogen and oxygen atoms in total. The van der Waals surface area contributed by atoms with E-state index in [4.69, 9.17) is 9.47 Å². The van der Waals surface area contributed by atoms with E-state index in [0.29, 0.717) is 19.3 Å². The predicted molar refractivity (Wildman–Crippen MR) is 232 cm³/mol. The summed E-state index contributed by atoms with van der Waals surface area (Å²) in [5, 5.41) is 0. The van der Waals surface area contributed by atoms with Gasteiger partial charge in [0.15, 0.2) is 0 Å². The number of unbranched alkanes of at least 4 members (excludes halogenated alkanes) is 37. The molecule has 0 aliphatic rings. The van der Waals surface area contributed by atoms with E-state index in [0.717, 1.165) is 38.5 Å². The van der Waals surface area contributed by atoms with Gasteiger partial charge < -0.3 is 9.47 Å². The zero-order valence-corrected chi connectivity index (χ0v) is 36.6. The average Bonchev–Trinajstić information content (AvgIpc) is 3.15. The van der Waals surface area contributed by atoms with Crippen molar-refractivity contribution in [3.8, 4) is 0 Å². The van der Waals surface area contributed by atoms with Crippen molar-refractivity contribution in [2.75, 3.05) is 0 Å². The predicted octanol–water partition coefficient (Wildman–Crippen LogP) is 17.2. The molecule has 0 unspecified atom stereocenters. The molecule has 0 saturated heterocycles. The third kappa shape index (κ3) is 43.5. The molecular formula is C49H96O4. The van der Waals surface area contributed by atoms with Crippen molar-refractivity contribution in [3.05, 3.63) is 0 Å². The molecule has 0 aromatic carbocycles. The third-order valence-electron chi connectivity index (χ3n) is 11.3. The first-order chi connectivity index (χ1) is 26.1. The van der Waals surface area contributed by atoms with Crippen LogP contribution in [0.15, 0.2) is 0 Å². The number of esters is 2. The lowest BCUT2D eigenvalue weighted by Crippen LogP contribution is -2.24. The summed E-state index contributed by atoms with van der Waals surface area (Å²) >= 11 is 0. The summed E-state index contributed by atoms with van der Waals surface area (Å²) in [5.74, 6) is -0.427. The normalized spacial score (nSPS) is 11.5. The fraction of sp³-hybridized carbons (Fsp3) is 0.959. The molecule has 0 spiro atoms. The molecule has 0 aromatic heterocycles. The van der Waals surface area contributed by atoms with Crippen molar-refractivity contribution in [1.29, 1.82) is 0 Å². The minimum atomic E-state index is -0.712. The quantitative estimate of drug-likeness (QED) is 0.0353. The van der Waals surface area contributed by atoms with Gasteiger partial charge in [-0.2, -0.15) is 0 Å². The highest BCUT2D eigenvalue weighted by atomic mass is 16.7. The van der Waals surface area contributed by atoms with E-state index in [-0.39, 0.29) is 11.9 Å². The van der Waals surface area contributed by atoms with Gasteiger partial charge in [-0.25, -0.2) is 0 Å². The van der Waals surface area contributed by atoms with Crippen LogP contribution in [0.3, 0.4) is 0 Å². The van der Waals surface area contributed by atoms with Crippen molar-refractivity contribution >= 4 is 11.9 Å². The van der Waals surface area contributed by atoms with Gasteiger partial charge in [-0.05, 0) is 19.3 Å². The van der Waals surface area contributed by atoms with E-state index in [2.05, 4.69) is 20.8 Å². The Hall–Kier alpha value is -1.06. The second-order valence-electron chi connectivity index (χ2n) is 16.8. The van der Waals surface area contributed by atoms with Gasteiger partial charge in [0.1, 0.15) is 0 Å². The summed E-state index contributed by atoms with van der Waals surface area (Å²) in [4.78, 5) is 25.0. The first-order valence-corrected chi connectivity index (χ1v) is 24.5. The summed E-state index contributed by atoms with van der Waals surface area (Å²) < 4.78 is 11.2. The molecule has 0 heterocycles. The molecular weight excluding hydrogens is 653 g/mol. The summed E-state index contributed by atoms with van der Waals surface area (Å²) in [5.41, 5.74) is 0. The maximum atomic E-state index is 12.5. The zero-order chi connectivity index (χ0) is 38.6. The molecule has 0 aromatic rings. The first-order valence-electron chi connectivity index (χ1n) is 24.5. The molecule has 4 heteroatoms. The highest BCUT2D eigenvalue weighted by Crippen LogP contribution is 2.18. The van der Waals surface area contributed by atoms with Crippen LogP contribution in [-0.4, -0.2) is 18.2 Å². The van der Waals surface area contributed by atoms with Crippen molar-refractivity contribution < 1.29 is 19.1 Å². The Morgan fingerprint density at radius 2 is 0.472 bits per heavy atom. The number of hydrogen-bond donors (Lipinski definition) is 0. The number of carbonyl (C=O) groups excluding carboxylic acids is 2. The van der Waals surface area contributed by atoms with Gasteiger partial charge in [0.25, 0.3) is 0 Å². The molecule has 53 heavy (non-hydrogen) atoms. The Morgan fingerprint density at radius 1 is 0.283 bits per heavy atom. The number of carbonyl (C=O) groups is 2. The molecule has 0 fully saturated rings. The van der Waals surface area contributed by atoms with Crippen LogP contribution >= 0.6 is 0 Å². The molecule has 0 bridgehead atoms. The van der Waals surface area contributed by atoms with E-state index in [1.165, 1.54) is 218 Å². The number of hydrogen-bond acceptors (Lipinski definition) is 4. The monoisotopic (exact) mass is 749 g/mol. The first kappa shape index (κ1) is 51.9. The Morgan fingerprint density at radius 3 is 0.679 bits per heavy atom. The number of rotatable bonds is 45. The topological polar surface area (TPSA) is 52.6 Å². The highest BCUT2D eigenvalue weighted by Gasteiger charge is 2.18. The largest absolute Gasteiger partial charge is 0.425 e. The molecule has 316 valence electrons. The van der Waals surface area contributed by atoms with Crippen LogP contribution in [0.25, 0.3) is 0 Å². The molecule has 0 aliphatic carbocycles. The van der Waals surface area contributed by atoms with Crippen LogP contribution in [0.1, 0.15) is 297 Å². The van der Waals surface area contributed by atoms with Crippen molar-refractivity contribution in [2.24, 2.45) is 0 Å². The Labute approximate surface area is 333 Å². The molecule has 0 saturated carbocycles. The van der Waals surface area contributed by atoms with Gasteiger partial charge >= 0.3 is 11.9 Å². The summed E-state index contributed by atoms with van der Waals surface area (Å²) in [6.07, 6.45) is 53.6. The molecule has 0 N–H and O–H groups in total. The van der Waals surface area contributed by atoms with Crippen molar-refractivity contribution in [1.82, 2.24) is 0 Å². The van der Waals surface area contributed by atoms with Gasteiger partial charge in [-0.3, -0.25) is 9.59 Å². The Bertz CT molecular complexity index is 665. The van der Waals surface area contributed by atoms with E-state index >= 15 is 0 Å². The van der Waals surface area contributed by atoms with E-state index < -0.39 is 6.29 Å². The van der Waals surface area contributed by atoms with Crippen LogP contribution in [0.2, 0.25) is 0 Å². The molecule has 0 radical (unpaired) electrons. The van der Waals surface area contributed by atoms with Crippen LogP contribution in [0.4, 0.5) is 0 Å². The van der Waals surface area contributed by atoms with Crippen LogP contribution in [0, 0.1) is 0 Å². The Kier molecular flexibility index (Phi) is 44.4. The maximum Gasteiger partial charge on any atom is 0.308 e. The summed E-state index contributed by atoms with van der Waals surface area (Å²) in [6.45, 7) is 6.69. The van der Waals surface area contributed by atoms with Gasteiger partial charge in [0.2, 0.25) is 6.29 Å². The van der Waals surface area contributed by atoms with Crippen LogP contribution < -0.4 is 0 Å². The fourth-order valence-corrected chi connectivity index (χ4v) is 7.62. The maximum absolute atomic E-state index is 12.5. The average molecular weight is 749 g/mol. The van der Waals surface area contributed by atoms with Gasteiger partial charge in [-0.15, -0.1) is 0 Å². The van der Waals surface area contributed by atoms with E-state index in [1.807, 2.05) is 0 Å².